The van der Waals surface area contributed by atoms with Crippen LogP contribution in [0.3, 0.4) is 0 Å². The van der Waals surface area contributed by atoms with Crippen LogP contribution in [0, 0.1) is 18.3 Å². The van der Waals surface area contributed by atoms with E-state index in [1.807, 2.05) is 11.3 Å². The molecule has 0 aliphatic heterocycles. The van der Waals surface area contributed by atoms with E-state index in [4.69, 9.17) is 12.8 Å². The molecule has 0 amide bonds. The van der Waals surface area contributed by atoms with Crippen molar-refractivity contribution in [3.63, 3.8) is 0 Å². The Labute approximate surface area is 162 Å². The predicted molar refractivity (Wildman–Crippen MR) is 112 cm³/mol. The lowest BCUT2D eigenvalue weighted by atomic mass is 9.76. The summed E-state index contributed by atoms with van der Waals surface area (Å²) in [5.41, 5.74) is 6.44. The van der Waals surface area contributed by atoms with Crippen molar-refractivity contribution in [2.24, 2.45) is 11.3 Å². The third kappa shape index (κ3) is 3.84. The summed E-state index contributed by atoms with van der Waals surface area (Å²) in [7, 11) is 0. The molecule has 1 nitrogen and oxygen atoms in total. The number of hydrogen-bond acceptors (Lipinski definition) is 3. The van der Waals surface area contributed by atoms with Crippen molar-refractivity contribution in [3.05, 3.63) is 45.8 Å². The lowest BCUT2D eigenvalue weighted by Gasteiger charge is -2.29. The Kier molecular flexibility index (Phi) is 4.76. The molecule has 0 N–H and O–H groups in total. The van der Waals surface area contributed by atoms with Crippen LogP contribution in [0.4, 0.5) is 0 Å². The van der Waals surface area contributed by atoms with Crippen molar-refractivity contribution >= 4 is 24.2 Å². The minimum absolute atomic E-state index is 0.446. The number of fused-ring (bicyclic) bond motifs is 1. The number of thiophene rings is 1. The molecule has 0 bridgehead atoms. The first-order valence-corrected chi connectivity index (χ1v) is 10.8. The molecule has 0 unspecified atom stereocenters. The lowest BCUT2D eigenvalue weighted by molar-refractivity contribution is 0.317. The maximum absolute atomic E-state index is 4.74. The lowest BCUT2D eigenvalue weighted by Crippen LogP contribution is -2.21. The highest BCUT2D eigenvalue weighted by Gasteiger charge is 2.30. The normalized spacial score (nSPS) is 19.2. The Morgan fingerprint density at radius 3 is 2.76 bits per heavy atom. The van der Waals surface area contributed by atoms with Crippen LogP contribution in [0.1, 0.15) is 54.7 Å². The van der Waals surface area contributed by atoms with Gasteiger partial charge < -0.3 is 0 Å². The van der Waals surface area contributed by atoms with Gasteiger partial charge in [-0.1, -0.05) is 50.9 Å². The third-order valence-corrected chi connectivity index (χ3v) is 7.55. The van der Waals surface area contributed by atoms with E-state index in [2.05, 4.69) is 49.3 Å². The van der Waals surface area contributed by atoms with Crippen LogP contribution in [0.25, 0.3) is 10.4 Å². The van der Waals surface area contributed by atoms with E-state index in [1.165, 1.54) is 53.7 Å². The molecule has 0 radical (unpaired) electrons. The van der Waals surface area contributed by atoms with Crippen LogP contribution in [0.5, 0.6) is 0 Å². The quantitative estimate of drug-likeness (QED) is 0.604. The van der Waals surface area contributed by atoms with E-state index in [0.29, 0.717) is 5.41 Å². The molecule has 2 aliphatic rings. The zero-order valence-electron chi connectivity index (χ0n) is 15.6. The molecule has 1 heterocycles. The van der Waals surface area contributed by atoms with Crippen LogP contribution >= 0.6 is 24.2 Å². The third-order valence-electron chi connectivity index (χ3n) is 5.82. The van der Waals surface area contributed by atoms with Crippen LogP contribution in [-0.4, -0.2) is 10.8 Å². The average molecular weight is 372 g/mol. The maximum Gasteiger partial charge on any atom is 0.0380 e. The zero-order chi connectivity index (χ0) is 17.6. The van der Waals surface area contributed by atoms with Crippen molar-refractivity contribution in [2.75, 3.05) is 6.54 Å². The van der Waals surface area contributed by atoms with E-state index >= 15 is 0 Å². The summed E-state index contributed by atoms with van der Waals surface area (Å²) in [6.45, 7) is 9.22. The maximum atomic E-state index is 4.74. The SMILES string of the molecule is Cc1c(-c2ccccc2CN(S)CC2CC2)sc2c1CC(C)(C)CC2. The largest absolute Gasteiger partial charge is 0.249 e. The Balaban J connectivity index is 1.65. The fourth-order valence-electron chi connectivity index (χ4n) is 4.06. The first-order chi connectivity index (χ1) is 11.9. The molecular weight excluding hydrogens is 342 g/mol. The van der Waals surface area contributed by atoms with Gasteiger partial charge in [-0.25, -0.2) is 4.31 Å². The Morgan fingerprint density at radius 2 is 2.00 bits per heavy atom. The van der Waals surface area contributed by atoms with Gasteiger partial charge in [0.15, 0.2) is 0 Å². The highest BCUT2D eigenvalue weighted by molar-refractivity contribution is 7.77. The molecule has 1 fully saturated rings. The van der Waals surface area contributed by atoms with Crippen LogP contribution in [0.15, 0.2) is 24.3 Å². The summed E-state index contributed by atoms with van der Waals surface area (Å²) in [5, 5.41) is 0. The molecule has 25 heavy (non-hydrogen) atoms. The number of hydrogen-bond donors (Lipinski definition) is 1. The molecule has 3 heteroatoms. The summed E-state index contributed by atoms with van der Waals surface area (Å²) in [5.74, 6) is 0.877. The summed E-state index contributed by atoms with van der Waals surface area (Å²) in [6.07, 6.45) is 6.55. The van der Waals surface area contributed by atoms with Gasteiger partial charge in [0, 0.05) is 22.8 Å². The van der Waals surface area contributed by atoms with Crippen LogP contribution < -0.4 is 0 Å². The number of benzene rings is 1. The van der Waals surface area contributed by atoms with Crippen molar-refractivity contribution in [3.8, 4) is 10.4 Å². The fraction of sp³-hybridized carbons (Fsp3) is 0.545. The van der Waals surface area contributed by atoms with Crippen molar-refractivity contribution in [1.82, 2.24) is 4.31 Å². The molecular formula is C22H29NS2. The van der Waals surface area contributed by atoms with Gasteiger partial charge in [-0.2, -0.15) is 0 Å². The second-order valence-corrected chi connectivity index (χ2v) is 10.4. The molecule has 0 spiro atoms. The van der Waals surface area contributed by atoms with E-state index in [0.717, 1.165) is 19.0 Å². The summed E-state index contributed by atoms with van der Waals surface area (Å²) >= 11 is 6.78. The van der Waals surface area contributed by atoms with Gasteiger partial charge in [0.05, 0.1) is 0 Å². The highest BCUT2D eigenvalue weighted by atomic mass is 32.1. The molecule has 134 valence electrons. The monoisotopic (exact) mass is 371 g/mol. The fourth-order valence-corrected chi connectivity index (χ4v) is 5.82. The molecule has 1 saturated carbocycles. The standard InChI is InChI=1S/C22H29NS2/c1-15-19-12-22(2,3)11-10-20(19)25-21(15)18-7-5-4-6-17(18)14-23(24)13-16-8-9-16/h4-7,16,24H,8-14H2,1-3H3. The first-order valence-electron chi connectivity index (χ1n) is 9.56. The van der Waals surface area contributed by atoms with Gasteiger partial charge in [-0.3, -0.25) is 0 Å². The molecule has 4 rings (SSSR count). The van der Waals surface area contributed by atoms with Crippen molar-refractivity contribution in [1.29, 1.82) is 0 Å². The molecule has 0 saturated heterocycles. The Morgan fingerprint density at radius 1 is 1.24 bits per heavy atom. The van der Waals surface area contributed by atoms with Crippen LogP contribution in [-0.2, 0) is 19.4 Å². The molecule has 0 atom stereocenters. The van der Waals surface area contributed by atoms with E-state index in [9.17, 15) is 0 Å². The van der Waals surface area contributed by atoms with Gasteiger partial charge in [0.25, 0.3) is 0 Å². The van der Waals surface area contributed by atoms with Gasteiger partial charge in [-0.15, -0.1) is 11.3 Å². The topological polar surface area (TPSA) is 3.24 Å². The molecule has 2 aliphatic carbocycles. The molecule has 1 aromatic carbocycles. The minimum atomic E-state index is 0.446. The second kappa shape index (κ2) is 6.75. The molecule has 1 aromatic heterocycles. The van der Waals surface area contributed by atoms with Crippen molar-refractivity contribution in [2.45, 2.75) is 59.4 Å². The Hall–Kier alpha value is -0.770. The van der Waals surface area contributed by atoms with E-state index < -0.39 is 0 Å². The van der Waals surface area contributed by atoms with Gasteiger partial charge in [0.1, 0.15) is 0 Å². The summed E-state index contributed by atoms with van der Waals surface area (Å²) < 4.78 is 2.21. The smallest absolute Gasteiger partial charge is 0.0380 e. The molecule has 2 aromatic rings. The van der Waals surface area contributed by atoms with E-state index in [-0.39, 0.29) is 0 Å². The summed E-state index contributed by atoms with van der Waals surface area (Å²) in [4.78, 5) is 3.12. The number of aryl methyl sites for hydroxylation is 1. The predicted octanol–water partition coefficient (Wildman–Crippen LogP) is 6.30. The second-order valence-electron chi connectivity index (χ2n) is 8.75. The summed E-state index contributed by atoms with van der Waals surface area (Å²) in [6, 6.07) is 8.95. The number of thiol groups is 1. The van der Waals surface area contributed by atoms with Gasteiger partial charge >= 0.3 is 0 Å². The minimum Gasteiger partial charge on any atom is -0.249 e. The first kappa shape index (κ1) is 17.6. The number of nitrogens with zero attached hydrogens (tertiary/aromatic N) is 1. The average Bonchev–Trinajstić information content (AvgIpc) is 3.31. The van der Waals surface area contributed by atoms with Crippen molar-refractivity contribution < 1.29 is 0 Å². The van der Waals surface area contributed by atoms with Crippen LogP contribution in [0.2, 0.25) is 0 Å². The number of rotatable bonds is 5. The van der Waals surface area contributed by atoms with Gasteiger partial charge in [0.2, 0.25) is 0 Å². The van der Waals surface area contributed by atoms with E-state index in [1.54, 1.807) is 10.4 Å². The Bertz CT molecular complexity index is 770. The highest BCUT2D eigenvalue weighted by Crippen LogP contribution is 2.45. The zero-order valence-corrected chi connectivity index (χ0v) is 17.4. The van der Waals surface area contributed by atoms with Gasteiger partial charge in [-0.05, 0) is 72.6 Å².